The predicted molar refractivity (Wildman–Crippen MR) is 131 cm³/mol. The number of fused-ring (bicyclic) bond motifs is 1. The third-order valence-corrected chi connectivity index (χ3v) is 8.21. The van der Waals surface area contributed by atoms with Crippen molar-refractivity contribution in [3.05, 3.63) is 23.3 Å². The van der Waals surface area contributed by atoms with Gasteiger partial charge in [-0.3, -0.25) is 9.69 Å². The Kier molecular flexibility index (Phi) is 7.17. The molecule has 4 rings (SSSR count). The molecule has 0 saturated carbocycles. The fourth-order valence-corrected chi connectivity index (χ4v) is 6.57. The fraction of sp³-hybridized carbons (Fsp3) is 0.680. The summed E-state index contributed by atoms with van der Waals surface area (Å²) in [6, 6.07) is 5.77. The number of thiazole rings is 1. The summed E-state index contributed by atoms with van der Waals surface area (Å²) in [5, 5.41) is 4.29. The number of hydrogen-bond acceptors (Lipinski definition) is 5. The van der Waals surface area contributed by atoms with E-state index < -0.39 is 0 Å². The average molecular weight is 443 g/mol. The van der Waals surface area contributed by atoms with Gasteiger partial charge in [0.1, 0.15) is 0 Å². The Bertz CT molecular complexity index is 900. The number of aryl methyl sites for hydroxylation is 2. The number of nitrogens with zero attached hydrogens (tertiary/aromatic N) is 3. The SMILES string of the molecule is Cc1cc(C)c2nc(N3CCC[C@H](C(=O)NCCCN4[C@H](C)CCC[C@@H]4C)C3)sc2c1. The number of likely N-dealkylation sites (tertiary alicyclic amines) is 1. The van der Waals surface area contributed by atoms with Gasteiger partial charge in [0.15, 0.2) is 5.13 Å². The number of carbonyl (C=O) groups excluding carboxylic acids is 1. The first-order valence-corrected chi connectivity index (χ1v) is 12.9. The van der Waals surface area contributed by atoms with E-state index in [1.54, 1.807) is 11.3 Å². The van der Waals surface area contributed by atoms with Crippen LogP contribution in [0.1, 0.15) is 63.5 Å². The first kappa shape index (κ1) is 22.5. The summed E-state index contributed by atoms with van der Waals surface area (Å²) in [5.74, 6) is 0.286. The second kappa shape index (κ2) is 9.86. The Labute approximate surface area is 191 Å². The van der Waals surface area contributed by atoms with Crippen LogP contribution in [0.25, 0.3) is 10.2 Å². The number of rotatable bonds is 6. The number of carbonyl (C=O) groups is 1. The molecule has 5 nitrogen and oxygen atoms in total. The molecule has 2 aliphatic rings. The summed E-state index contributed by atoms with van der Waals surface area (Å²) in [5.41, 5.74) is 3.63. The van der Waals surface area contributed by atoms with Crippen molar-refractivity contribution in [3.8, 4) is 0 Å². The van der Waals surface area contributed by atoms with E-state index in [2.05, 4.69) is 54.9 Å². The zero-order valence-corrected chi connectivity index (χ0v) is 20.4. The highest BCUT2D eigenvalue weighted by molar-refractivity contribution is 7.22. The standard InChI is InChI=1S/C25H38N4OS/c1-17-14-18(2)23-22(15-17)31-25(27-23)28-12-6-10-21(16-28)24(30)26-11-7-13-29-19(3)8-5-9-20(29)4/h14-15,19-21H,5-13,16H2,1-4H3,(H,26,30)/t19-,20+,21-/m0/s1. The van der Waals surface area contributed by atoms with Crippen LogP contribution in [-0.4, -0.2) is 54.1 Å². The minimum atomic E-state index is 0.0661. The van der Waals surface area contributed by atoms with E-state index in [-0.39, 0.29) is 11.8 Å². The topological polar surface area (TPSA) is 48.5 Å². The molecular weight excluding hydrogens is 404 g/mol. The smallest absolute Gasteiger partial charge is 0.224 e. The van der Waals surface area contributed by atoms with Gasteiger partial charge in [0.25, 0.3) is 0 Å². The van der Waals surface area contributed by atoms with Crippen LogP contribution < -0.4 is 10.2 Å². The molecule has 31 heavy (non-hydrogen) atoms. The Morgan fingerprint density at radius 1 is 1.16 bits per heavy atom. The Morgan fingerprint density at radius 2 is 1.94 bits per heavy atom. The van der Waals surface area contributed by atoms with Crippen LogP contribution in [0.2, 0.25) is 0 Å². The zero-order chi connectivity index (χ0) is 22.0. The first-order valence-electron chi connectivity index (χ1n) is 12.1. The molecule has 170 valence electrons. The van der Waals surface area contributed by atoms with Crippen molar-refractivity contribution in [3.63, 3.8) is 0 Å². The quantitative estimate of drug-likeness (QED) is 0.647. The molecule has 1 amide bonds. The summed E-state index contributed by atoms with van der Waals surface area (Å²) < 4.78 is 1.25. The normalized spacial score (nSPS) is 25.2. The summed E-state index contributed by atoms with van der Waals surface area (Å²) in [7, 11) is 0. The third-order valence-electron chi connectivity index (χ3n) is 7.15. The van der Waals surface area contributed by atoms with Crippen LogP contribution >= 0.6 is 11.3 Å². The van der Waals surface area contributed by atoms with Crippen molar-refractivity contribution < 1.29 is 4.79 Å². The number of hydrogen-bond donors (Lipinski definition) is 1. The molecule has 0 bridgehead atoms. The van der Waals surface area contributed by atoms with Crippen molar-refractivity contribution in [2.75, 3.05) is 31.1 Å². The van der Waals surface area contributed by atoms with Crippen LogP contribution in [0.3, 0.4) is 0 Å². The molecule has 0 aliphatic carbocycles. The molecule has 0 radical (unpaired) electrons. The van der Waals surface area contributed by atoms with Gasteiger partial charge in [-0.1, -0.05) is 23.8 Å². The maximum Gasteiger partial charge on any atom is 0.224 e. The van der Waals surface area contributed by atoms with Gasteiger partial charge in [0.2, 0.25) is 5.91 Å². The monoisotopic (exact) mass is 442 g/mol. The maximum atomic E-state index is 12.9. The highest BCUT2D eigenvalue weighted by Crippen LogP contribution is 2.33. The lowest BCUT2D eigenvalue weighted by molar-refractivity contribution is -0.125. The van der Waals surface area contributed by atoms with Gasteiger partial charge in [-0.25, -0.2) is 4.98 Å². The van der Waals surface area contributed by atoms with Crippen molar-refractivity contribution >= 4 is 32.6 Å². The molecule has 3 atom stereocenters. The highest BCUT2D eigenvalue weighted by Gasteiger charge is 2.28. The van der Waals surface area contributed by atoms with Crippen LogP contribution in [0.15, 0.2) is 12.1 Å². The number of amides is 1. The molecule has 2 saturated heterocycles. The molecule has 2 aromatic rings. The maximum absolute atomic E-state index is 12.9. The van der Waals surface area contributed by atoms with E-state index in [4.69, 9.17) is 4.98 Å². The van der Waals surface area contributed by atoms with Gasteiger partial charge < -0.3 is 10.2 Å². The second-order valence-electron chi connectivity index (χ2n) is 9.72. The Hall–Kier alpha value is -1.66. The fourth-order valence-electron chi connectivity index (χ4n) is 5.39. The summed E-state index contributed by atoms with van der Waals surface area (Å²) in [6.07, 6.45) is 7.02. The van der Waals surface area contributed by atoms with Crippen molar-refractivity contribution in [2.45, 2.75) is 78.3 Å². The zero-order valence-electron chi connectivity index (χ0n) is 19.6. The summed E-state index contributed by atoms with van der Waals surface area (Å²) in [4.78, 5) is 22.7. The number of nitrogens with one attached hydrogen (secondary N) is 1. The molecule has 1 aromatic heterocycles. The first-order chi connectivity index (χ1) is 14.9. The molecule has 0 unspecified atom stereocenters. The van der Waals surface area contributed by atoms with E-state index in [0.717, 1.165) is 56.1 Å². The van der Waals surface area contributed by atoms with E-state index >= 15 is 0 Å². The van der Waals surface area contributed by atoms with E-state index in [0.29, 0.717) is 12.1 Å². The van der Waals surface area contributed by atoms with Crippen molar-refractivity contribution in [1.29, 1.82) is 0 Å². The lowest BCUT2D eigenvalue weighted by Crippen LogP contribution is -2.46. The van der Waals surface area contributed by atoms with Gasteiger partial charge in [0, 0.05) is 38.3 Å². The average Bonchev–Trinajstić information content (AvgIpc) is 3.17. The molecule has 1 N–H and O–H groups in total. The van der Waals surface area contributed by atoms with Gasteiger partial charge >= 0.3 is 0 Å². The van der Waals surface area contributed by atoms with Gasteiger partial charge in [-0.05, 0) is 77.0 Å². The van der Waals surface area contributed by atoms with Crippen molar-refractivity contribution in [2.24, 2.45) is 5.92 Å². The summed E-state index contributed by atoms with van der Waals surface area (Å²) >= 11 is 1.76. The number of aromatic nitrogens is 1. The largest absolute Gasteiger partial charge is 0.356 e. The molecule has 2 fully saturated rings. The third kappa shape index (κ3) is 5.23. The Balaban J connectivity index is 1.29. The molecule has 6 heteroatoms. The van der Waals surface area contributed by atoms with E-state index in [1.807, 2.05) is 0 Å². The Morgan fingerprint density at radius 3 is 2.71 bits per heavy atom. The molecule has 0 spiro atoms. The number of anilines is 1. The lowest BCUT2D eigenvalue weighted by atomic mass is 9.97. The van der Waals surface area contributed by atoms with Crippen molar-refractivity contribution in [1.82, 2.24) is 15.2 Å². The molecule has 1 aromatic carbocycles. The van der Waals surface area contributed by atoms with E-state index in [9.17, 15) is 4.79 Å². The minimum absolute atomic E-state index is 0.0661. The summed E-state index contributed by atoms with van der Waals surface area (Å²) in [6.45, 7) is 12.6. The second-order valence-corrected chi connectivity index (χ2v) is 10.7. The van der Waals surface area contributed by atoms with Crippen LogP contribution in [0.5, 0.6) is 0 Å². The molecule has 2 aliphatic heterocycles. The molecular formula is C25H38N4OS. The van der Waals surface area contributed by atoms with Crippen LogP contribution in [0.4, 0.5) is 5.13 Å². The predicted octanol–water partition coefficient (Wildman–Crippen LogP) is 4.90. The van der Waals surface area contributed by atoms with Crippen LogP contribution in [-0.2, 0) is 4.79 Å². The molecule has 3 heterocycles. The minimum Gasteiger partial charge on any atom is -0.356 e. The van der Waals surface area contributed by atoms with Gasteiger partial charge in [-0.15, -0.1) is 0 Å². The lowest BCUT2D eigenvalue weighted by Gasteiger charge is -2.39. The van der Waals surface area contributed by atoms with E-state index in [1.165, 1.54) is 35.1 Å². The number of benzene rings is 1. The number of piperidine rings is 2. The highest BCUT2D eigenvalue weighted by atomic mass is 32.1. The van der Waals surface area contributed by atoms with Crippen LogP contribution in [0, 0.1) is 19.8 Å². The van der Waals surface area contributed by atoms with Gasteiger partial charge in [0.05, 0.1) is 16.1 Å². The van der Waals surface area contributed by atoms with Gasteiger partial charge in [-0.2, -0.15) is 0 Å².